The summed E-state index contributed by atoms with van der Waals surface area (Å²) >= 11 is 0. The van der Waals surface area contributed by atoms with E-state index in [1.807, 2.05) is 61.8 Å². The number of hydrogen-bond donors (Lipinski definition) is 2. The summed E-state index contributed by atoms with van der Waals surface area (Å²) in [6.45, 7) is 2.50. The fourth-order valence-corrected chi connectivity index (χ4v) is 6.01. The molecule has 0 fully saturated rings. The maximum atomic E-state index is 9.63. The van der Waals surface area contributed by atoms with Crippen molar-refractivity contribution in [2.45, 2.75) is 19.8 Å². The zero-order valence-corrected chi connectivity index (χ0v) is 32.4. The normalized spacial score (nSPS) is 10.2. The minimum Gasteiger partial charge on any atom is -0.508 e. The van der Waals surface area contributed by atoms with Gasteiger partial charge in [0, 0.05) is 35.6 Å². The van der Waals surface area contributed by atoms with Crippen LogP contribution in [0.3, 0.4) is 0 Å². The highest BCUT2D eigenvalue weighted by Crippen LogP contribution is 2.41. The van der Waals surface area contributed by atoms with Crippen LogP contribution in [0.2, 0.25) is 0 Å². The molecule has 4 aromatic carbocycles. The number of rotatable bonds is 12. The second-order valence-corrected chi connectivity index (χ2v) is 11.4. The summed E-state index contributed by atoms with van der Waals surface area (Å²) in [6.07, 6.45) is 8.51. The molecule has 0 saturated carbocycles. The summed E-state index contributed by atoms with van der Waals surface area (Å²) in [5, 5.41) is 13.5. The van der Waals surface area contributed by atoms with Crippen LogP contribution in [0.15, 0.2) is 79.4 Å². The quantitative estimate of drug-likeness (QED) is 0.117. The van der Waals surface area contributed by atoms with E-state index in [0.717, 1.165) is 43.8 Å². The van der Waals surface area contributed by atoms with E-state index in [2.05, 4.69) is 9.97 Å². The third-order valence-corrected chi connectivity index (χ3v) is 8.39. The number of benzene rings is 4. The largest absolute Gasteiger partial charge is 0.508 e. The molecular weight excluding hydrogens is 721 g/mol. The van der Waals surface area contributed by atoms with Crippen LogP contribution in [0.5, 0.6) is 46.0 Å². The van der Waals surface area contributed by atoms with Gasteiger partial charge in [-0.15, -0.1) is 24.8 Å². The van der Waals surface area contributed by atoms with Crippen LogP contribution in [0.4, 0.5) is 5.69 Å². The Balaban J connectivity index is 0.000000277. The van der Waals surface area contributed by atoms with Crippen molar-refractivity contribution in [2.24, 2.45) is 0 Å². The number of aromatic nitrogens is 2. The van der Waals surface area contributed by atoms with E-state index in [9.17, 15) is 5.11 Å². The van der Waals surface area contributed by atoms with Gasteiger partial charge in [0.25, 0.3) is 0 Å². The first-order chi connectivity index (χ1) is 24.8. The molecule has 13 heteroatoms. The van der Waals surface area contributed by atoms with Gasteiger partial charge in [0.2, 0.25) is 11.5 Å². The molecule has 0 unspecified atom stereocenters. The van der Waals surface area contributed by atoms with E-state index in [1.165, 1.54) is 0 Å². The van der Waals surface area contributed by atoms with Crippen molar-refractivity contribution in [3.63, 3.8) is 0 Å². The van der Waals surface area contributed by atoms with Crippen molar-refractivity contribution in [3.8, 4) is 46.0 Å². The van der Waals surface area contributed by atoms with Gasteiger partial charge in [0.05, 0.1) is 55.0 Å². The van der Waals surface area contributed by atoms with Crippen molar-refractivity contribution in [1.82, 2.24) is 9.97 Å². The Morgan fingerprint density at radius 2 is 1.02 bits per heavy atom. The number of phenols is 1. The standard InChI is InChI=1S/C21H24N2O4.C19H19NO4.2ClH/c1-5-27-17-7-6-15-14(11-23-12-16(15)20(17)22)8-13-9-18(24-2)21(26-4)19(10-13)25-3;1-22-17-7-12(8-18(23-2)19(17)24-3)6-13-10-20-11-14-9-15(21)4-5-16(13)14;;/h6-7,9-12H,5,8,22H2,1-4H3;4-5,7-11,21H,6H2,1-3H3;2*1H. The summed E-state index contributed by atoms with van der Waals surface area (Å²) in [7, 11) is 9.59. The molecule has 53 heavy (non-hydrogen) atoms. The first-order valence-corrected chi connectivity index (χ1v) is 16.2. The number of fused-ring (bicyclic) bond motifs is 2. The molecule has 0 radical (unpaired) electrons. The topological polar surface area (TPSA) is 137 Å². The van der Waals surface area contributed by atoms with Gasteiger partial charge < -0.3 is 44.0 Å². The molecule has 2 heterocycles. The highest BCUT2D eigenvalue weighted by Gasteiger charge is 2.16. The molecule has 0 aliphatic carbocycles. The van der Waals surface area contributed by atoms with Crippen molar-refractivity contribution in [1.29, 1.82) is 0 Å². The minimum absolute atomic E-state index is 0. The molecule has 0 bridgehead atoms. The summed E-state index contributed by atoms with van der Waals surface area (Å²) < 4.78 is 38.1. The highest BCUT2D eigenvalue weighted by molar-refractivity contribution is 5.97. The minimum atomic E-state index is 0. The first-order valence-electron chi connectivity index (χ1n) is 16.2. The maximum Gasteiger partial charge on any atom is 0.203 e. The molecule has 2 aromatic heterocycles. The van der Waals surface area contributed by atoms with Crippen LogP contribution in [0.1, 0.15) is 29.2 Å². The summed E-state index contributed by atoms with van der Waals surface area (Å²) in [4.78, 5) is 8.64. The number of pyridine rings is 2. The van der Waals surface area contributed by atoms with Gasteiger partial charge >= 0.3 is 0 Å². The molecular formula is C40H45Cl2N3O8. The van der Waals surface area contributed by atoms with Gasteiger partial charge in [-0.2, -0.15) is 0 Å². The van der Waals surface area contributed by atoms with E-state index in [0.29, 0.717) is 65.4 Å². The van der Waals surface area contributed by atoms with Crippen LogP contribution >= 0.6 is 24.8 Å². The summed E-state index contributed by atoms with van der Waals surface area (Å²) in [5.74, 6) is 4.55. The first kappa shape index (κ1) is 41.9. The molecule has 3 N–H and O–H groups in total. The van der Waals surface area contributed by atoms with Gasteiger partial charge in [-0.05, 0) is 95.3 Å². The predicted octanol–water partition coefficient (Wildman–Crippen LogP) is 8.23. The molecule has 11 nitrogen and oxygen atoms in total. The number of nitrogens with two attached hydrogens (primary N) is 1. The van der Waals surface area contributed by atoms with E-state index >= 15 is 0 Å². The fourth-order valence-electron chi connectivity index (χ4n) is 6.01. The summed E-state index contributed by atoms with van der Waals surface area (Å²) in [6, 6.07) is 17.0. The summed E-state index contributed by atoms with van der Waals surface area (Å²) in [5.41, 5.74) is 11.0. The van der Waals surface area contributed by atoms with Gasteiger partial charge in [0.15, 0.2) is 23.0 Å². The van der Waals surface area contributed by atoms with E-state index in [4.69, 9.17) is 38.9 Å². The fraction of sp³-hybridized carbons (Fsp3) is 0.250. The number of anilines is 1. The van der Waals surface area contributed by atoms with Gasteiger partial charge in [-0.3, -0.25) is 9.97 Å². The number of ether oxygens (including phenoxy) is 7. The highest BCUT2D eigenvalue weighted by atomic mass is 35.5. The third kappa shape index (κ3) is 9.29. The van der Waals surface area contributed by atoms with Crippen molar-refractivity contribution in [3.05, 3.63) is 102 Å². The molecule has 0 aliphatic heterocycles. The molecule has 6 rings (SSSR count). The SMILES string of the molecule is CCOc1ccc2c(Cc3cc(OC)c(OC)c(OC)c3)cncc2c1N.COc1cc(Cc2cncc3cc(O)ccc23)cc(OC)c1OC.Cl.Cl. The average Bonchev–Trinajstić information content (AvgIpc) is 3.15. The Morgan fingerprint density at radius 1 is 0.547 bits per heavy atom. The average molecular weight is 767 g/mol. The second kappa shape index (κ2) is 19.4. The Morgan fingerprint density at radius 3 is 1.49 bits per heavy atom. The number of nitrogen functional groups attached to an aromatic ring is 1. The zero-order chi connectivity index (χ0) is 36.5. The van der Waals surface area contributed by atoms with Crippen molar-refractivity contribution in [2.75, 3.05) is 55.0 Å². The maximum absolute atomic E-state index is 9.63. The van der Waals surface area contributed by atoms with Crippen molar-refractivity contribution < 1.29 is 38.3 Å². The second-order valence-electron chi connectivity index (χ2n) is 11.4. The molecule has 0 spiro atoms. The Kier molecular flexibility index (Phi) is 15.3. The Labute approximate surface area is 321 Å². The third-order valence-electron chi connectivity index (χ3n) is 8.39. The number of methoxy groups -OCH3 is 6. The van der Waals surface area contributed by atoms with Gasteiger partial charge in [-0.25, -0.2) is 0 Å². The van der Waals surface area contributed by atoms with Crippen LogP contribution < -0.4 is 38.9 Å². The molecule has 0 amide bonds. The molecule has 0 atom stereocenters. The number of hydrogen-bond acceptors (Lipinski definition) is 11. The van der Waals surface area contributed by atoms with Crippen LogP contribution in [-0.2, 0) is 12.8 Å². The lowest BCUT2D eigenvalue weighted by atomic mass is 9.99. The molecule has 0 aliphatic rings. The number of aromatic hydroxyl groups is 1. The van der Waals surface area contributed by atoms with Crippen molar-refractivity contribution >= 4 is 52.0 Å². The van der Waals surface area contributed by atoms with E-state index < -0.39 is 0 Å². The lowest BCUT2D eigenvalue weighted by molar-refractivity contribution is 0.324. The van der Waals surface area contributed by atoms with E-state index in [-0.39, 0.29) is 30.6 Å². The van der Waals surface area contributed by atoms with E-state index in [1.54, 1.807) is 67.2 Å². The number of nitrogens with zero attached hydrogens (tertiary/aromatic N) is 2. The Bertz CT molecular complexity index is 2100. The van der Waals surface area contributed by atoms with Gasteiger partial charge in [0.1, 0.15) is 11.5 Å². The number of halogens is 2. The molecule has 0 saturated heterocycles. The monoisotopic (exact) mass is 765 g/mol. The number of phenolic OH excluding ortho intramolecular Hbond substituents is 1. The predicted molar refractivity (Wildman–Crippen MR) is 213 cm³/mol. The van der Waals surface area contributed by atoms with Gasteiger partial charge in [-0.1, -0.05) is 12.1 Å². The zero-order valence-electron chi connectivity index (χ0n) is 30.7. The van der Waals surface area contributed by atoms with Crippen LogP contribution in [0.25, 0.3) is 21.5 Å². The van der Waals surface area contributed by atoms with Crippen LogP contribution in [0, 0.1) is 0 Å². The lowest BCUT2D eigenvalue weighted by Crippen LogP contribution is -2.00. The Hall–Kier alpha value is -5.52. The van der Waals surface area contributed by atoms with Crippen LogP contribution in [-0.4, -0.2) is 64.3 Å². The smallest absolute Gasteiger partial charge is 0.203 e. The lowest BCUT2D eigenvalue weighted by Gasteiger charge is -2.15. The molecule has 6 aromatic rings. The molecule has 282 valence electrons.